The third-order valence-electron chi connectivity index (χ3n) is 5.51. The maximum atomic E-state index is 12.9. The number of carbonyl (C=O) groups is 1. The molecule has 2 fully saturated rings. The van der Waals surface area contributed by atoms with Crippen LogP contribution < -0.4 is 10.6 Å². The summed E-state index contributed by atoms with van der Waals surface area (Å²) < 4.78 is 23.4. The van der Waals surface area contributed by atoms with Gasteiger partial charge in [-0.3, -0.25) is 4.79 Å². The zero-order chi connectivity index (χ0) is 18.6. The van der Waals surface area contributed by atoms with E-state index in [2.05, 4.69) is 16.7 Å². The topological polar surface area (TPSA) is 75.3 Å². The van der Waals surface area contributed by atoms with E-state index in [1.54, 1.807) is 0 Å². The first-order valence-electron chi connectivity index (χ1n) is 9.33. The van der Waals surface area contributed by atoms with Crippen LogP contribution in [0.25, 0.3) is 0 Å². The Labute approximate surface area is 172 Å². The van der Waals surface area contributed by atoms with Crippen LogP contribution in [0.5, 0.6) is 0 Å². The predicted octanol–water partition coefficient (Wildman–Crippen LogP) is 3.39. The second-order valence-electron chi connectivity index (χ2n) is 7.39. The van der Waals surface area contributed by atoms with Gasteiger partial charge in [-0.05, 0) is 56.5 Å². The summed E-state index contributed by atoms with van der Waals surface area (Å²) in [5.41, 5.74) is 1.85. The fourth-order valence-corrected chi connectivity index (χ4v) is 6.46. The molecule has 1 aliphatic carbocycles. The maximum absolute atomic E-state index is 12.9. The summed E-state index contributed by atoms with van der Waals surface area (Å²) in [6, 6.07) is 7.79. The molecule has 1 heterocycles. The van der Waals surface area contributed by atoms with Gasteiger partial charge in [-0.25, -0.2) is 8.42 Å². The number of halogens is 1. The monoisotopic (exact) mass is 432 g/mol. The minimum absolute atomic E-state index is 0. The second kappa shape index (κ2) is 9.63. The molecule has 1 aromatic rings. The molecule has 1 aliphatic heterocycles. The van der Waals surface area contributed by atoms with Crippen LogP contribution in [0.4, 0.5) is 5.69 Å². The van der Waals surface area contributed by atoms with Gasteiger partial charge in [0.15, 0.2) is 14.6 Å². The SMILES string of the molecule is CS(=O)(=O)C1(C(=O)Nc2cccc(CSC3CCCC3)c2)CCNCC1.Cl. The molecule has 0 aromatic heterocycles. The number of thioether (sulfide) groups is 1. The van der Waals surface area contributed by atoms with Crippen molar-refractivity contribution in [3.63, 3.8) is 0 Å². The van der Waals surface area contributed by atoms with E-state index in [0.717, 1.165) is 11.0 Å². The van der Waals surface area contributed by atoms with Gasteiger partial charge in [0, 0.05) is 22.9 Å². The molecule has 1 amide bonds. The molecular weight excluding hydrogens is 404 g/mol. The molecular formula is C19H29ClN2O3S2. The normalized spacial score (nSPS) is 20.0. The highest BCUT2D eigenvalue weighted by Crippen LogP contribution is 2.32. The molecule has 1 aromatic carbocycles. The Bertz CT molecular complexity index is 743. The molecule has 1 saturated carbocycles. The lowest BCUT2D eigenvalue weighted by molar-refractivity contribution is -0.119. The highest BCUT2D eigenvalue weighted by molar-refractivity contribution is 7.99. The Morgan fingerprint density at radius 3 is 2.56 bits per heavy atom. The summed E-state index contributed by atoms with van der Waals surface area (Å²) in [4.78, 5) is 12.9. The lowest BCUT2D eigenvalue weighted by atomic mass is 9.95. The summed E-state index contributed by atoms with van der Waals surface area (Å²) >= 11 is 1.98. The number of anilines is 1. The molecule has 152 valence electrons. The van der Waals surface area contributed by atoms with Crippen LogP contribution >= 0.6 is 24.2 Å². The standard InChI is InChI=1S/C19H28N2O3S2.ClH/c1-26(23,24)19(9-11-20-12-10-19)18(22)21-16-6-4-5-15(13-16)14-25-17-7-2-3-8-17;/h4-6,13,17,20H,2-3,7-12,14H2,1H3,(H,21,22);1H. The van der Waals surface area contributed by atoms with Crippen LogP contribution in [0, 0.1) is 0 Å². The smallest absolute Gasteiger partial charge is 0.245 e. The van der Waals surface area contributed by atoms with E-state index < -0.39 is 20.5 Å². The van der Waals surface area contributed by atoms with Crippen molar-refractivity contribution in [2.45, 2.75) is 54.3 Å². The molecule has 0 atom stereocenters. The predicted molar refractivity (Wildman–Crippen MR) is 116 cm³/mol. The van der Waals surface area contributed by atoms with Gasteiger partial charge in [0.05, 0.1) is 0 Å². The fourth-order valence-electron chi connectivity index (χ4n) is 3.85. The van der Waals surface area contributed by atoms with E-state index in [-0.39, 0.29) is 12.4 Å². The molecule has 8 heteroatoms. The molecule has 0 unspecified atom stereocenters. The van der Waals surface area contributed by atoms with Crippen LogP contribution in [-0.4, -0.2) is 43.7 Å². The lowest BCUT2D eigenvalue weighted by Crippen LogP contribution is -2.55. The second-order valence-corrected chi connectivity index (χ2v) is 11.0. The van der Waals surface area contributed by atoms with E-state index >= 15 is 0 Å². The minimum atomic E-state index is -3.49. The molecule has 3 rings (SSSR count). The number of amides is 1. The van der Waals surface area contributed by atoms with Crippen LogP contribution in [0.2, 0.25) is 0 Å². The van der Waals surface area contributed by atoms with Gasteiger partial charge in [-0.2, -0.15) is 11.8 Å². The Hall–Kier alpha value is -0.760. The van der Waals surface area contributed by atoms with Crippen molar-refractivity contribution < 1.29 is 13.2 Å². The average molecular weight is 433 g/mol. The molecule has 2 N–H and O–H groups in total. The van der Waals surface area contributed by atoms with Crippen molar-refractivity contribution in [3.8, 4) is 0 Å². The minimum Gasteiger partial charge on any atom is -0.325 e. The first-order valence-corrected chi connectivity index (χ1v) is 12.3. The molecule has 0 spiro atoms. The van der Waals surface area contributed by atoms with Crippen LogP contribution in [0.15, 0.2) is 24.3 Å². The molecule has 0 radical (unpaired) electrons. The highest BCUT2D eigenvalue weighted by Gasteiger charge is 2.48. The van der Waals surface area contributed by atoms with Crippen molar-refractivity contribution in [3.05, 3.63) is 29.8 Å². The summed E-state index contributed by atoms with van der Waals surface area (Å²) in [5.74, 6) is 0.525. The third-order valence-corrected chi connectivity index (χ3v) is 8.96. The van der Waals surface area contributed by atoms with Crippen LogP contribution in [0.3, 0.4) is 0 Å². The number of sulfone groups is 1. The zero-order valence-corrected chi connectivity index (χ0v) is 18.1. The van der Waals surface area contributed by atoms with Gasteiger partial charge in [0.1, 0.15) is 0 Å². The summed E-state index contributed by atoms with van der Waals surface area (Å²) in [6.07, 6.45) is 7.06. The van der Waals surface area contributed by atoms with Crippen molar-refractivity contribution in [1.29, 1.82) is 0 Å². The molecule has 1 saturated heterocycles. The van der Waals surface area contributed by atoms with E-state index in [1.165, 1.54) is 37.5 Å². The Morgan fingerprint density at radius 1 is 1.26 bits per heavy atom. The van der Waals surface area contributed by atoms with Gasteiger partial charge in [-0.15, -0.1) is 12.4 Å². The molecule has 0 bridgehead atoms. The average Bonchev–Trinajstić information content (AvgIpc) is 3.13. The first-order chi connectivity index (χ1) is 12.4. The number of carbonyl (C=O) groups excluding carboxylic acids is 1. The van der Waals surface area contributed by atoms with Crippen molar-refractivity contribution in [2.75, 3.05) is 24.7 Å². The summed E-state index contributed by atoms with van der Waals surface area (Å²) in [5, 5.41) is 6.75. The number of rotatable bonds is 6. The van der Waals surface area contributed by atoms with Crippen LogP contribution in [0.1, 0.15) is 44.1 Å². The van der Waals surface area contributed by atoms with Gasteiger partial charge >= 0.3 is 0 Å². The third kappa shape index (κ3) is 5.40. The largest absolute Gasteiger partial charge is 0.325 e. The lowest BCUT2D eigenvalue weighted by Gasteiger charge is -2.34. The van der Waals surface area contributed by atoms with Gasteiger partial charge in [0.2, 0.25) is 5.91 Å². The van der Waals surface area contributed by atoms with E-state index in [1.807, 2.05) is 30.0 Å². The van der Waals surface area contributed by atoms with E-state index in [4.69, 9.17) is 0 Å². The van der Waals surface area contributed by atoms with Crippen molar-refractivity contribution in [1.82, 2.24) is 5.32 Å². The summed E-state index contributed by atoms with van der Waals surface area (Å²) in [7, 11) is -3.49. The quantitative estimate of drug-likeness (QED) is 0.720. The number of nitrogens with one attached hydrogen (secondary N) is 2. The Balaban J connectivity index is 0.00000261. The summed E-state index contributed by atoms with van der Waals surface area (Å²) in [6.45, 7) is 1.08. The van der Waals surface area contributed by atoms with Gasteiger partial charge < -0.3 is 10.6 Å². The number of hydrogen-bond donors (Lipinski definition) is 2. The number of hydrogen-bond acceptors (Lipinski definition) is 5. The van der Waals surface area contributed by atoms with Gasteiger partial charge in [-0.1, -0.05) is 25.0 Å². The molecule has 27 heavy (non-hydrogen) atoms. The maximum Gasteiger partial charge on any atom is 0.245 e. The molecule has 2 aliphatic rings. The van der Waals surface area contributed by atoms with E-state index in [0.29, 0.717) is 31.6 Å². The Morgan fingerprint density at radius 2 is 1.93 bits per heavy atom. The first kappa shape index (κ1) is 22.5. The van der Waals surface area contributed by atoms with Crippen molar-refractivity contribution in [2.24, 2.45) is 0 Å². The van der Waals surface area contributed by atoms with Crippen molar-refractivity contribution >= 4 is 45.6 Å². The number of benzene rings is 1. The van der Waals surface area contributed by atoms with Crippen LogP contribution in [-0.2, 0) is 20.4 Å². The van der Waals surface area contributed by atoms with E-state index in [9.17, 15) is 13.2 Å². The zero-order valence-electron chi connectivity index (χ0n) is 15.7. The Kier molecular flexibility index (Phi) is 8.04. The van der Waals surface area contributed by atoms with Gasteiger partial charge in [0.25, 0.3) is 0 Å². The molecule has 5 nitrogen and oxygen atoms in total. The number of piperidine rings is 1. The fraction of sp³-hybridized carbons (Fsp3) is 0.632. The highest BCUT2D eigenvalue weighted by atomic mass is 35.5.